The fraction of sp³-hybridized carbons (Fsp3) is 0.947. The summed E-state index contributed by atoms with van der Waals surface area (Å²) in [5, 5.41) is 13.5. The molecular weight excluding hydrogens is 288 g/mol. The van der Waals surface area contributed by atoms with Crippen LogP contribution < -0.4 is 5.32 Å². The number of hydrogen-bond acceptors (Lipinski definition) is 3. The van der Waals surface area contributed by atoms with E-state index < -0.39 is 0 Å². The Morgan fingerprint density at radius 3 is 2.09 bits per heavy atom. The van der Waals surface area contributed by atoms with Gasteiger partial charge in [0.2, 0.25) is 5.91 Å². The molecule has 0 spiro atoms. The SMILES string of the molecule is O=C(NC1CCN(C2CCCCC2O)CC1)C1CCCCCC1. The van der Waals surface area contributed by atoms with E-state index in [4.69, 9.17) is 0 Å². The Morgan fingerprint density at radius 2 is 1.43 bits per heavy atom. The molecule has 1 heterocycles. The first-order chi connectivity index (χ1) is 11.2. The fourth-order valence-corrected chi connectivity index (χ4v) is 4.75. The molecule has 1 aliphatic heterocycles. The van der Waals surface area contributed by atoms with Crippen LogP contribution in [0.15, 0.2) is 0 Å². The second-order valence-corrected chi connectivity index (χ2v) is 7.93. The van der Waals surface area contributed by atoms with Crippen LogP contribution in [0, 0.1) is 5.92 Å². The molecule has 0 aromatic rings. The number of likely N-dealkylation sites (tertiary alicyclic amines) is 1. The van der Waals surface area contributed by atoms with Gasteiger partial charge in [0.25, 0.3) is 0 Å². The molecule has 0 aromatic carbocycles. The summed E-state index contributed by atoms with van der Waals surface area (Å²) in [7, 11) is 0. The van der Waals surface area contributed by atoms with Crippen molar-refractivity contribution in [2.24, 2.45) is 5.92 Å². The van der Waals surface area contributed by atoms with E-state index in [2.05, 4.69) is 10.2 Å². The quantitative estimate of drug-likeness (QED) is 0.786. The summed E-state index contributed by atoms with van der Waals surface area (Å²) in [6, 6.07) is 0.713. The molecule has 3 rings (SSSR count). The highest BCUT2D eigenvalue weighted by atomic mass is 16.3. The Balaban J connectivity index is 1.42. The van der Waals surface area contributed by atoms with Gasteiger partial charge in [0, 0.05) is 31.1 Å². The van der Waals surface area contributed by atoms with Gasteiger partial charge >= 0.3 is 0 Å². The second-order valence-electron chi connectivity index (χ2n) is 7.93. The Labute approximate surface area is 141 Å². The number of aliphatic hydroxyl groups excluding tert-OH is 1. The van der Waals surface area contributed by atoms with Gasteiger partial charge in [-0.25, -0.2) is 0 Å². The monoisotopic (exact) mass is 322 g/mol. The standard InChI is InChI=1S/C19H34N2O2/c22-18-10-6-5-9-17(18)21-13-11-16(12-14-21)20-19(23)15-7-3-1-2-4-8-15/h15-18,22H,1-14H2,(H,20,23). The lowest BCUT2D eigenvalue weighted by molar-refractivity contribution is -0.126. The van der Waals surface area contributed by atoms with Gasteiger partial charge in [-0.3, -0.25) is 9.69 Å². The van der Waals surface area contributed by atoms with Crippen molar-refractivity contribution >= 4 is 5.91 Å². The Hall–Kier alpha value is -0.610. The van der Waals surface area contributed by atoms with Gasteiger partial charge < -0.3 is 10.4 Å². The lowest BCUT2D eigenvalue weighted by Crippen LogP contribution is -2.52. The van der Waals surface area contributed by atoms with Crippen LogP contribution in [0.2, 0.25) is 0 Å². The Kier molecular flexibility index (Phi) is 6.35. The van der Waals surface area contributed by atoms with Gasteiger partial charge in [0.15, 0.2) is 0 Å². The molecule has 2 N–H and O–H groups in total. The average molecular weight is 322 g/mol. The van der Waals surface area contributed by atoms with Crippen LogP contribution in [-0.4, -0.2) is 47.2 Å². The van der Waals surface area contributed by atoms with Crippen molar-refractivity contribution in [2.75, 3.05) is 13.1 Å². The van der Waals surface area contributed by atoms with Crippen molar-refractivity contribution < 1.29 is 9.90 Å². The number of hydrogen-bond donors (Lipinski definition) is 2. The maximum atomic E-state index is 12.5. The van der Waals surface area contributed by atoms with Crippen molar-refractivity contribution in [2.45, 2.75) is 95.2 Å². The summed E-state index contributed by atoms with van der Waals surface area (Å²) in [4.78, 5) is 15.0. The molecule has 3 fully saturated rings. The number of carbonyl (C=O) groups is 1. The first-order valence-electron chi connectivity index (χ1n) is 9.96. The number of carbonyl (C=O) groups excluding carboxylic acids is 1. The molecule has 2 unspecified atom stereocenters. The highest BCUT2D eigenvalue weighted by Gasteiger charge is 2.32. The number of rotatable bonds is 3. The van der Waals surface area contributed by atoms with Crippen LogP contribution in [-0.2, 0) is 4.79 Å². The molecule has 4 heteroatoms. The highest BCUT2D eigenvalue weighted by molar-refractivity contribution is 5.78. The largest absolute Gasteiger partial charge is 0.391 e. The number of nitrogens with one attached hydrogen (secondary N) is 1. The number of amides is 1. The molecule has 0 radical (unpaired) electrons. The van der Waals surface area contributed by atoms with Crippen molar-refractivity contribution in [3.63, 3.8) is 0 Å². The third-order valence-corrected chi connectivity index (χ3v) is 6.26. The van der Waals surface area contributed by atoms with E-state index in [0.29, 0.717) is 18.0 Å². The predicted octanol–water partition coefficient (Wildman–Crippen LogP) is 2.84. The van der Waals surface area contributed by atoms with Crippen LogP contribution >= 0.6 is 0 Å². The first kappa shape index (κ1) is 17.2. The van der Waals surface area contributed by atoms with Crippen LogP contribution in [0.5, 0.6) is 0 Å². The zero-order valence-electron chi connectivity index (χ0n) is 14.5. The molecule has 0 aromatic heterocycles. The lowest BCUT2D eigenvalue weighted by atomic mass is 9.89. The molecule has 4 nitrogen and oxygen atoms in total. The molecule has 0 bridgehead atoms. The third kappa shape index (κ3) is 4.69. The molecular formula is C19H34N2O2. The summed E-state index contributed by atoms with van der Waals surface area (Å²) < 4.78 is 0. The topological polar surface area (TPSA) is 52.6 Å². The summed E-state index contributed by atoms with van der Waals surface area (Å²) in [5.74, 6) is 0.568. The van der Waals surface area contributed by atoms with E-state index in [1.165, 1.54) is 38.5 Å². The minimum Gasteiger partial charge on any atom is -0.391 e. The number of piperidine rings is 1. The van der Waals surface area contributed by atoms with Crippen molar-refractivity contribution in [3.8, 4) is 0 Å². The van der Waals surface area contributed by atoms with Gasteiger partial charge in [0.1, 0.15) is 0 Å². The summed E-state index contributed by atoms with van der Waals surface area (Å²) >= 11 is 0. The maximum Gasteiger partial charge on any atom is 0.223 e. The van der Waals surface area contributed by atoms with E-state index in [-0.39, 0.29) is 12.0 Å². The van der Waals surface area contributed by atoms with Gasteiger partial charge in [-0.2, -0.15) is 0 Å². The summed E-state index contributed by atoms with van der Waals surface area (Å²) in [6.07, 6.45) is 13.7. The molecule has 2 aliphatic carbocycles. The van der Waals surface area contributed by atoms with E-state index in [9.17, 15) is 9.90 Å². The van der Waals surface area contributed by atoms with Gasteiger partial charge in [0.05, 0.1) is 6.10 Å². The van der Waals surface area contributed by atoms with Crippen LogP contribution in [0.3, 0.4) is 0 Å². The van der Waals surface area contributed by atoms with Gasteiger partial charge in [-0.15, -0.1) is 0 Å². The summed E-state index contributed by atoms with van der Waals surface area (Å²) in [5.41, 5.74) is 0. The minimum atomic E-state index is -0.138. The molecule has 132 valence electrons. The molecule has 1 amide bonds. The smallest absolute Gasteiger partial charge is 0.223 e. The van der Waals surface area contributed by atoms with E-state index in [0.717, 1.165) is 51.6 Å². The number of nitrogens with zero attached hydrogens (tertiary/aromatic N) is 1. The summed E-state index contributed by atoms with van der Waals surface area (Å²) in [6.45, 7) is 2.05. The molecule has 3 aliphatic rings. The van der Waals surface area contributed by atoms with Crippen LogP contribution in [0.25, 0.3) is 0 Å². The normalized spacial score (nSPS) is 32.4. The van der Waals surface area contributed by atoms with Crippen LogP contribution in [0.1, 0.15) is 77.0 Å². The van der Waals surface area contributed by atoms with Gasteiger partial charge in [-0.1, -0.05) is 38.5 Å². The second kappa shape index (κ2) is 8.48. The molecule has 1 saturated heterocycles. The zero-order chi connectivity index (χ0) is 16.1. The Bertz CT molecular complexity index is 372. The molecule has 23 heavy (non-hydrogen) atoms. The van der Waals surface area contributed by atoms with E-state index in [1.54, 1.807) is 0 Å². The molecule has 2 saturated carbocycles. The number of aliphatic hydroxyl groups is 1. The zero-order valence-corrected chi connectivity index (χ0v) is 14.5. The maximum absolute atomic E-state index is 12.5. The van der Waals surface area contributed by atoms with Crippen LogP contribution in [0.4, 0.5) is 0 Å². The third-order valence-electron chi connectivity index (χ3n) is 6.26. The molecule has 2 atom stereocenters. The fourth-order valence-electron chi connectivity index (χ4n) is 4.75. The van der Waals surface area contributed by atoms with E-state index >= 15 is 0 Å². The van der Waals surface area contributed by atoms with Crippen molar-refractivity contribution in [1.82, 2.24) is 10.2 Å². The van der Waals surface area contributed by atoms with Gasteiger partial charge in [-0.05, 0) is 38.5 Å². The average Bonchev–Trinajstić information content (AvgIpc) is 2.86. The van der Waals surface area contributed by atoms with Crippen molar-refractivity contribution in [1.29, 1.82) is 0 Å². The van der Waals surface area contributed by atoms with E-state index in [1.807, 2.05) is 0 Å². The highest BCUT2D eigenvalue weighted by Crippen LogP contribution is 2.27. The van der Waals surface area contributed by atoms with Crippen molar-refractivity contribution in [3.05, 3.63) is 0 Å². The predicted molar refractivity (Wildman–Crippen MR) is 92.2 cm³/mol. The lowest BCUT2D eigenvalue weighted by Gasteiger charge is -2.41. The Morgan fingerprint density at radius 1 is 0.826 bits per heavy atom. The minimum absolute atomic E-state index is 0.138. The first-order valence-corrected chi connectivity index (χ1v) is 9.96.